The van der Waals surface area contributed by atoms with E-state index < -0.39 is 10.0 Å². The molecule has 0 amide bonds. The Labute approximate surface area is 111 Å². The maximum absolute atomic E-state index is 12.3. The summed E-state index contributed by atoms with van der Waals surface area (Å²) in [6.45, 7) is 5.46. The van der Waals surface area contributed by atoms with E-state index in [0.29, 0.717) is 17.3 Å². The number of nitrogens with one attached hydrogen (secondary N) is 1. The second-order valence-electron chi connectivity index (χ2n) is 4.40. The zero-order valence-electron chi connectivity index (χ0n) is 11.3. The molecule has 104 valence electrons. The summed E-state index contributed by atoms with van der Waals surface area (Å²) in [5.41, 5.74) is 1.47. The lowest BCUT2D eigenvalue weighted by molar-refractivity contribution is 0.390. The quantitative estimate of drug-likeness (QED) is 0.909. The Bertz CT molecular complexity index is 667. The number of aryl methyl sites for hydroxylation is 3. The van der Waals surface area contributed by atoms with Crippen LogP contribution in [0.4, 0.5) is 0 Å². The molecule has 0 fully saturated rings. The summed E-state index contributed by atoms with van der Waals surface area (Å²) in [5.74, 6) is 1.18. The lowest BCUT2D eigenvalue weighted by Gasteiger charge is -2.15. The van der Waals surface area contributed by atoms with Gasteiger partial charge in [0.1, 0.15) is 11.6 Å². The van der Waals surface area contributed by atoms with E-state index in [1.165, 1.54) is 17.5 Å². The topological polar surface area (TPSA) is 92.1 Å². The minimum atomic E-state index is -3.58. The summed E-state index contributed by atoms with van der Waals surface area (Å²) >= 11 is 0. The van der Waals surface area contributed by atoms with Crippen LogP contribution in [-0.2, 0) is 16.6 Å². The average Bonchev–Trinajstić information content (AvgIpc) is 2.90. The van der Waals surface area contributed by atoms with E-state index in [4.69, 9.17) is 4.52 Å². The molecule has 1 N–H and O–H groups in total. The highest BCUT2D eigenvalue weighted by atomic mass is 32.2. The van der Waals surface area contributed by atoms with Gasteiger partial charge in [-0.3, -0.25) is 0 Å². The van der Waals surface area contributed by atoms with Gasteiger partial charge in [-0.15, -0.1) is 0 Å². The molecule has 0 bridgehead atoms. The number of sulfonamides is 1. The highest BCUT2D eigenvalue weighted by Crippen LogP contribution is 2.19. The van der Waals surface area contributed by atoms with Crippen LogP contribution in [0.15, 0.2) is 15.7 Å². The molecule has 0 spiro atoms. The van der Waals surface area contributed by atoms with Crippen LogP contribution in [0.5, 0.6) is 0 Å². The van der Waals surface area contributed by atoms with E-state index in [1.54, 1.807) is 20.8 Å². The van der Waals surface area contributed by atoms with Crippen molar-refractivity contribution >= 4 is 10.0 Å². The summed E-state index contributed by atoms with van der Waals surface area (Å²) in [6.07, 6.45) is 1.31. The fourth-order valence-electron chi connectivity index (χ4n) is 1.73. The van der Waals surface area contributed by atoms with E-state index in [9.17, 15) is 8.42 Å². The minimum Gasteiger partial charge on any atom is -0.361 e. The molecule has 0 radical (unpaired) electrons. The monoisotopic (exact) mass is 284 g/mol. The average molecular weight is 284 g/mol. The molecule has 2 aromatic rings. The zero-order chi connectivity index (χ0) is 14.2. The van der Waals surface area contributed by atoms with Gasteiger partial charge < -0.3 is 9.51 Å². The Kier molecular flexibility index (Phi) is 3.46. The highest BCUT2D eigenvalue weighted by Gasteiger charge is 2.25. The standard InChI is InChI=1S/C11H16N4O3S/c1-7-10(8(2)18-14-7)6-15(4)19(16,17)11-5-12-9(3)13-11/h5H,6H2,1-4H3,(H,12,13). The Morgan fingerprint density at radius 1 is 1.37 bits per heavy atom. The van der Waals surface area contributed by atoms with Crippen molar-refractivity contribution in [2.75, 3.05) is 7.05 Å². The van der Waals surface area contributed by atoms with Crippen molar-refractivity contribution in [3.8, 4) is 0 Å². The number of hydrogen-bond acceptors (Lipinski definition) is 5. The summed E-state index contributed by atoms with van der Waals surface area (Å²) in [6, 6.07) is 0. The smallest absolute Gasteiger partial charge is 0.260 e. The molecule has 0 saturated carbocycles. The number of hydrogen-bond donors (Lipinski definition) is 1. The second-order valence-corrected chi connectivity index (χ2v) is 6.41. The van der Waals surface area contributed by atoms with Crippen molar-refractivity contribution in [2.45, 2.75) is 32.3 Å². The number of aromatic amines is 1. The lowest BCUT2D eigenvalue weighted by atomic mass is 10.2. The maximum atomic E-state index is 12.3. The van der Waals surface area contributed by atoms with Gasteiger partial charge in [0, 0.05) is 19.2 Å². The molecule has 0 saturated heterocycles. The first kappa shape index (κ1) is 13.8. The van der Waals surface area contributed by atoms with Crippen LogP contribution in [0.2, 0.25) is 0 Å². The van der Waals surface area contributed by atoms with E-state index >= 15 is 0 Å². The first-order valence-corrected chi connectivity index (χ1v) is 7.16. The second kappa shape index (κ2) is 4.78. The summed E-state index contributed by atoms with van der Waals surface area (Å²) < 4.78 is 30.9. The number of imidazole rings is 1. The molecule has 19 heavy (non-hydrogen) atoms. The van der Waals surface area contributed by atoms with E-state index in [0.717, 1.165) is 5.56 Å². The summed E-state index contributed by atoms with van der Waals surface area (Å²) in [4.78, 5) is 6.63. The van der Waals surface area contributed by atoms with Gasteiger partial charge in [-0.1, -0.05) is 5.16 Å². The molecule has 2 heterocycles. The molecular weight excluding hydrogens is 268 g/mol. The molecular formula is C11H16N4O3S. The molecule has 0 aliphatic heterocycles. The Hall–Kier alpha value is -1.67. The molecule has 0 atom stereocenters. The van der Waals surface area contributed by atoms with E-state index in [1.807, 2.05) is 0 Å². The van der Waals surface area contributed by atoms with Crippen molar-refractivity contribution in [3.63, 3.8) is 0 Å². The highest BCUT2D eigenvalue weighted by molar-refractivity contribution is 7.89. The normalized spacial score (nSPS) is 12.3. The van der Waals surface area contributed by atoms with Gasteiger partial charge in [-0.05, 0) is 20.8 Å². The molecule has 7 nitrogen and oxygen atoms in total. The predicted octanol–water partition coefficient (Wildman–Crippen LogP) is 1.14. The van der Waals surface area contributed by atoms with Crippen molar-refractivity contribution in [2.24, 2.45) is 0 Å². The first-order valence-electron chi connectivity index (χ1n) is 5.72. The summed E-state index contributed by atoms with van der Waals surface area (Å²) in [5, 5.41) is 3.89. The zero-order valence-corrected chi connectivity index (χ0v) is 12.1. The fourth-order valence-corrected chi connectivity index (χ4v) is 2.83. The molecule has 2 aromatic heterocycles. The summed E-state index contributed by atoms with van der Waals surface area (Å²) in [7, 11) is -2.07. The molecule has 8 heteroatoms. The molecule has 2 rings (SSSR count). The third kappa shape index (κ3) is 2.54. The Morgan fingerprint density at radius 3 is 2.53 bits per heavy atom. The van der Waals surface area contributed by atoms with Gasteiger partial charge in [0.2, 0.25) is 0 Å². The predicted molar refractivity (Wildman–Crippen MR) is 68.0 cm³/mol. The van der Waals surface area contributed by atoms with E-state index in [2.05, 4.69) is 15.1 Å². The SMILES string of the molecule is Cc1ncc(S(=O)(=O)N(C)Cc2c(C)noc2C)[nH]1. The van der Waals surface area contributed by atoms with Gasteiger partial charge in [0.05, 0.1) is 11.9 Å². The van der Waals surface area contributed by atoms with Gasteiger partial charge in [-0.2, -0.15) is 4.31 Å². The fraction of sp³-hybridized carbons (Fsp3) is 0.455. The van der Waals surface area contributed by atoms with Crippen LogP contribution >= 0.6 is 0 Å². The number of H-pyrrole nitrogens is 1. The van der Waals surface area contributed by atoms with Crippen LogP contribution < -0.4 is 0 Å². The number of aromatic nitrogens is 3. The molecule has 0 aliphatic carbocycles. The van der Waals surface area contributed by atoms with Crippen LogP contribution in [-0.4, -0.2) is 34.9 Å². The first-order chi connectivity index (χ1) is 8.82. The Balaban J connectivity index is 2.27. The number of rotatable bonds is 4. The largest absolute Gasteiger partial charge is 0.361 e. The number of nitrogens with zero attached hydrogens (tertiary/aromatic N) is 3. The van der Waals surface area contributed by atoms with E-state index in [-0.39, 0.29) is 11.6 Å². The van der Waals surface area contributed by atoms with Crippen LogP contribution in [0.1, 0.15) is 22.8 Å². The van der Waals surface area contributed by atoms with Gasteiger partial charge in [-0.25, -0.2) is 13.4 Å². The third-order valence-electron chi connectivity index (χ3n) is 2.93. The minimum absolute atomic E-state index is 0.0826. The van der Waals surface area contributed by atoms with Crippen molar-refractivity contribution in [3.05, 3.63) is 29.0 Å². The van der Waals surface area contributed by atoms with Crippen molar-refractivity contribution < 1.29 is 12.9 Å². The van der Waals surface area contributed by atoms with Gasteiger partial charge in [0.25, 0.3) is 10.0 Å². The third-order valence-corrected chi connectivity index (χ3v) is 4.64. The van der Waals surface area contributed by atoms with Crippen LogP contribution in [0.25, 0.3) is 0 Å². The molecule has 0 aromatic carbocycles. The van der Waals surface area contributed by atoms with Gasteiger partial charge in [0.15, 0.2) is 5.03 Å². The maximum Gasteiger partial charge on any atom is 0.260 e. The Morgan fingerprint density at radius 2 is 2.05 bits per heavy atom. The molecule has 0 aliphatic rings. The van der Waals surface area contributed by atoms with Crippen LogP contribution in [0.3, 0.4) is 0 Å². The molecule has 0 unspecified atom stereocenters. The lowest BCUT2D eigenvalue weighted by Crippen LogP contribution is -2.27. The van der Waals surface area contributed by atoms with Crippen LogP contribution in [0, 0.1) is 20.8 Å². The van der Waals surface area contributed by atoms with Crippen molar-refractivity contribution in [1.82, 2.24) is 19.4 Å². The van der Waals surface area contributed by atoms with Crippen molar-refractivity contribution in [1.29, 1.82) is 0 Å². The van der Waals surface area contributed by atoms with Gasteiger partial charge >= 0.3 is 0 Å².